The molecule has 27 heavy (non-hydrogen) atoms. The van der Waals surface area contributed by atoms with E-state index in [-0.39, 0.29) is 34.3 Å². The molecule has 1 aliphatic heterocycles. The van der Waals surface area contributed by atoms with Crippen LogP contribution in [0.1, 0.15) is 10.4 Å². The highest BCUT2D eigenvalue weighted by Gasteiger charge is 2.27. The smallest absolute Gasteiger partial charge is 0.257 e. The number of sulfonamides is 1. The van der Waals surface area contributed by atoms with Crippen LogP contribution in [-0.4, -0.2) is 44.9 Å². The number of benzene rings is 2. The van der Waals surface area contributed by atoms with Gasteiger partial charge in [-0.05, 0) is 36.4 Å². The van der Waals surface area contributed by atoms with Crippen LogP contribution in [0.25, 0.3) is 0 Å². The van der Waals surface area contributed by atoms with Gasteiger partial charge in [-0.1, -0.05) is 27.5 Å². The van der Waals surface area contributed by atoms with Crippen LogP contribution in [0, 0.1) is 5.82 Å². The minimum Gasteiger partial charge on any atom is -0.379 e. The Hall–Kier alpha value is -1.52. The highest BCUT2D eigenvalue weighted by atomic mass is 79.9. The fraction of sp³-hybridized carbons (Fsp3) is 0.235. The SMILES string of the molecule is O=C(Nc1ccc(Br)cc1F)c1cc(S(=O)(=O)N2CCOCC2)ccc1Cl. The van der Waals surface area contributed by atoms with Gasteiger partial charge in [0.25, 0.3) is 5.91 Å². The lowest BCUT2D eigenvalue weighted by molar-refractivity contribution is 0.0730. The maximum Gasteiger partial charge on any atom is 0.257 e. The van der Waals surface area contributed by atoms with Crippen molar-refractivity contribution in [2.75, 3.05) is 31.6 Å². The summed E-state index contributed by atoms with van der Waals surface area (Å²) in [6.45, 7) is 1.08. The lowest BCUT2D eigenvalue weighted by Crippen LogP contribution is -2.40. The second-order valence-corrected chi connectivity index (χ2v) is 9.00. The number of hydrogen-bond acceptors (Lipinski definition) is 4. The van der Waals surface area contributed by atoms with Crippen molar-refractivity contribution in [1.29, 1.82) is 0 Å². The zero-order valence-corrected chi connectivity index (χ0v) is 17.1. The summed E-state index contributed by atoms with van der Waals surface area (Å²) in [4.78, 5) is 12.5. The average Bonchev–Trinajstić information content (AvgIpc) is 2.65. The van der Waals surface area contributed by atoms with Crippen molar-refractivity contribution in [1.82, 2.24) is 4.31 Å². The first-order valence-corrected chi connectivity index (χ1v) is 10.5. The van der Waals surface area contributed by atoms with E-state index >= 15 is 0 Å². The van der Waals surface area contributed by atoms with Gasteiger partial charge < -0.3 is 10.1 Å². The first-order valence-electron chi connectivity index (χ1n) is 7.93. The van der Waals surface area contributed by atoms with E-state index in [1.807, 2.05) is 0 Å². The number of halogens is 3. The molecular weight excluding hydrogens is 463 g/mol. The number of carbonyl (C=O) groups excluding carboxylic acids is 1. The molecule has 0 radical (unpaired) electrons. The van der Waals surface area contributed by atoms with E-state index in [4.69, 9.17) is 16.3 Å². The van der Waals surface area contributed by atoms with E-state index in [0.29, 0.717) is 17.7 Å². The second kappa shape index (κ2) is 8.24. The Labute approximate surface area is 169 Å². The second-order valence-electron chi connectivity index (χ2n) is 5.74. The molecule has 144 valence electrons. The molecule has 1 N–H and O–H groups in total. The van der Waals surface area contributed by atoms with Crippen molar-refractivity contribution in [3.8, 4) is 0 Å². The van der Waals surface area contributed by atoms with Crippen LogP contribution in [0.5, 0.6) is 0 Å². The van der Waals surface area contributed by atoms with Gasteiger partial charge in [-0.15, -0.1) is 0 Å². The van der Waals surface area contributed by atoms with Crippen LogP contribution >= 0.6 is 27.5 Å². The summed E-state index contributed by atoms with van der Waals surface area (Å²) in [7, 11) is -3.79. The summed E-state index contributed by atoms with van der Waals surface area (Å²) in [5.74, 6) is -1.34. The van der Waals surface area contributed by atoms with Gasteiger partial charge in [-0.2, -0.15) is 4.31 Å². The van der Waals surface area contributed by atoms with Crippen molar-refractivity contribution in [3.05, 3.63) is 57.3 Å². The number of morpholine rings is 1. The Morgan fingerprint density at radius 2 is 1.89 bits per heavy atom. The molecular formula is C17H15BrClFN2O4S. The number of nitrogens with one attached hydrogen (secondary N) is 1. The molecule has 0 atom stereocenters. The van der Waals surface area contributed by atoms with E-state index < -0.39 is 21.7 Å². The van der Waals surface area contributed by atoms with Crippen LogP contribution in [-0.2, 0) is 14.8 Å². The summed E-state index contributed by atoms with van der Waals surface area (Å²) in [6, 6.07) is 8.03. The molecule has 6 nitrogen and oxygen atoms in total. The molecule has 1 saturated heterocycles. The molecule has 2 aromatic rings. The number of carbonyl (C=O) groups is 1. The van der Waals surface area contributed by atoms with Gasteiger partial charge in [0.1, 0.15) is 5.82 Å². The van der Waals surface area contributed by atoms with Crippen molar-refractivity contribution in [2.24, 2.45) is 0 Å². The largest absolute Gasteiger partial charge is 0.379 e. The summed E-state index contributed by atoms with van der Waals surface area (Å²) in [5.41, 5.74) is -0.103. The van der Waals surface area contributed by atoms with E-state index in [9.17, 15) is 17.6 Å². The summed E-state index contributed by atoms with van der Waals surface area (Å²) in [6.07, 6.45) is 0. The Kier molecular flexibility index (Phi) is 6.17. The average molecular weight is 478 g/mol. The first-order chi connectivity index (χ1) is 12.8. The normalized spacial score (nSPS) is 15.5. The topological polar surface area (TPSA) is 75.7 Å². The molecule has 0 saturated carbocycles. The Balaban J connectivity index is 1.89. The van der Waals surface area contributed by atoms with Crippen LogP contribution in [0.3, 0.4) is 0 Å². The Morgan fingerprint density at radius 3 is 2.56 bits per heavy atom. The summed E-state index contributed by atoms with van der Waals surface area (Å²) < 4.78 is 46.4. The first kappa shape index (κ1) is 20.2. The Morgan fingerprint density at radius 1 is 1.19 bits per heavy atom. The van der Waals surface area contributed by atoms with Gasteiger partial charge in [-0.25, -0.2) is 12.8 Å². The molecule has 0 bridgehead atoms. The number of anilines is 1. The molecule has 0 unspecified atom stereocenters. The van der Waals surface area contributed by atoms with E-state index in [0.717, 1.165) is 0 Å². The number of nitrogens with zero attached hydrogens (tertiary/aromatic N) is 1. The van der Waals surface area contributed by atoms with Crippen LogP contribution in [0.4, 0.5) is 10.1 Å². The third kappa shape index (κ3) is 4.49. The van der Waals surface area contributed by atoms with Gasteiger partial charge in [0, 0.05) is 17.6 Å². The number of ether oxygens (including phenoxy) is 1. The van der Waals surface area contributed by atoms with E-state index in [1.165, 1.54) is 34.6 Å². The lowest BCUT2D eigenvalue weighted by atomic mass is 10.2. The molecule has 0 aromatic heterocycles. The zero-order valence-electron chi connectivity index (χ0n) is 13.9. The molecule has 1 fully saturated rings. The summed E-state index contributed by atoms with van der Waals surface area (Å²) in [5, 5.41) is 2.47. The standard InChI is InChI=1S/C17H15BrClFN2O4S/c18-11-1-4-16(15(20)9-11)21-17(23)13-10-12(2-3-14(13)19)27(24,25)22-5-7-26-8-6-22/h1-4,9-10H,5-8H2,(H,21,23). The third-order valence-electron chi connectivity index (χ3n) is 3.97. The minimum absolute atomic E-state index is 0.0410. The van der Waals surface area contributed by atoms with Gasteiger partial charge in [0.05, 0.1) is 34.4 Å². The van der Waals surface area contributed by atoms with Gasteiger partial charge in [-0.3, -0.25) is 4.79 Å². The third-order valence-corrected chi connectivity index (χ3v) is 6.69. The maximum atomic E-state index is 13.9. The fourth-order valence-electron chi connectivity index (χ4n) is 2.56. The van der Waals surface area contributed by atoms with Crippen molar-refractivity contribution in [3.63, 3.8) is 0 Å². The van der Waals surface area contributed by atoms with Gasteiger partial charge >= 0.3 is 0 Å². The van der Waals surface area contributed by atoms with Gasteiger partial charge in [0.15, 0.2) is 0 Å². The van der Waals surface area contributed by atoms with Gasteiger partial charge in [0.2, 0.25) is 10.0 Å². The lowest BCUT2D eigenvalue weighted by Gasteiger charge is -2.26. The molecule has 1 aliphatic rings. The molecule has 3 rings (SSSR count). The molecule has 10 heteroatoms. The highest BCUT2D eigenvalue weighted by molar-refractivity contribution is 9.10. The molecule has 1 heterocycles. The molecule has 2 aromatic carbocycles. The monoisotopic (exact) mass is 476 g/mol. The Bertz CT molecular complexity index is 981. The maximum absolute atomic E-state index is 13.9. The van der Waals surface area contributed by atoms with Crippen molar-refractivity contribution < 1.29 is 22.3 Å². The fourth-order valence-corrected chi connectivity index (χ4v) is 4.53. The van der Waals surface area contributed by atoms with Crippen LogP contribution in [0.2, 0.25) is 5.02 Å². The van der Waals surface area contributed by atoms with E-state index in [2.05, 4.69) is 21.2 Å². The van der Waals surface area contributed by atoms with Crippen LogP contribution in [0.15, 0.2) is 45.8 Å². The summed E-state index contributed by atoms with van der Waals surface area (Å²) >= 11 is 9.20. The quantitative estimate of drug-likeness (QED) is 0.731. The highest BCUT2D eigenvalue weighted by Crippen LogP contribution is 2.26. The van der Waals surface area contributed by atoms with E-state index in [1.54, 1.807) is 6.07 Å². The number of rotatable bonds is 4. The minimum atomic E-state index is -3.79. The molecule has 0 spiro atoms. The predicted octanol–water partition coefficient (Wildman–Crippen LogP) is 3.51. The van der Waals surface area contributed by atoms with Crippen LogP contribution < -0.4 is 5.32 Å². The molecule has 1 amide bonds. The van der Waals surface area contributed by atoms with Crippen molar-refractivity contribution >= 4 is 49.1 Å². The zero-order chi connectivity index (χ0) is 19.6. The number of hydrogen-bond donors (Lipinski definition) is 1. The predicted molar refractivity (Wildman–Crippen MR) is 103 cm³/mol. The molecule has 0 aliphatic carbocycles. The van der Waals surface area contributed by atoms with Crippen molar-refractivity contribution in [2.45, 2.75) is 4.90 Å². The number of amides is 1.